The lowest BCUT2D eigenvalue weighted by Crippen LogP contribution is -2.41. The number of amides is 2. The van der Waals surface area contributed by atoms with Crippen molar-refractivity contribution in [1.29, 1.82) is 0 Å². The maximum Gasteiger partial charge on any atom is 0.321 e. The number of hydrogen-bond acceptors (Lipinski definition) is 4. The molecule has 1 atom stereocenters. The second kappa shape index (κ2) is 8.03. The zero-order valence-electron chi connectivity index (χ0n) is 16.5. The number of halogens is 1. The first kappa shape index (κ1) is 19.1. The summed E-state index contributed by atoms with van der Waals surface area (Å²) in [7, 11) is 0. The maximum absolute atomic E-state index is 13.0. The standard InChI is InChI=1S/C22H23FN4O2/c1-14-21(15(2)29-26-14)16-5-10-20(24-12-16)17-4-3-11-27(13-17)22(28)25-19-8-6-18(23)7-9-19/h5-10,12,17H,3-4,11,13H2,1-2H3,(H,25,28)/t17-/m0/s1. The van der Waals surface area contributed by atoms with E-state index in [1.807, 2.05) is 32.2 Å². The molecule has 1 N–H and O–H groups in total. The van der Waals surface area contributed by atoms with Crippen molar-refractivity contribution in [1.82, 2.24) is 15.0 Å². The fraction of sp³-hybridized carbons (Fsp3) is 0.318. The summed E-state index contributed by atoms with van der Waals surface area (Å²) in [5.74, 6) is 0.631. The number of aromatic nitrogens is 2. The number of pyridine rings is 1. The monoisotopic (exact) mass is 394 g/mol. The molecule has 1 fully saturated rings. The molecule has 2 aromatic heterocycles. The van der Waals surface area contributed by atoms with Gasteiger partial charge in [0.25, 0.3) is 0 Å². The van der Waals surface area contributed by atoms with Gasteiger partial charge in [-0.25, -0.2) is 9.18 Å². The molecular weight excluding hydrogens is 371 g/mol. The average molecular weight is 394 g/mol. The van der Waals surface area contributed by atoms with Crippen LogP contribution in [-0.2, 0) is 0 Å². The Bertz CT molecular complexity index is 979. The molecule has 0 bridgehead atoms. The van der Waals surface area contributed by atoms with Gasteiger partial charge in [0.05, 0.1) is 5.69 Å². The third kappa shape index (κ3) is 4.13. The van der Waals surface area contributed by atoms with Gasteiger partial charge in [-0.05, 0) is 57.0 Å². The van der Waals surface area contributed by atoms with Crippen molar-refractivity contribution in [2.45, 2.75) is 32.6 Å². The number of piperidine rings is 1. The molecule has 3 heterocycles. The van der Waals surface area contributed by atoms with E-state index in [2.05, 4.69) is 15.5 Å². The lowest BCUT2D eigenvalue weighted by atomic mass is 9.93. The highest BCUT2D eigenvalue weighted by Gasteiger charge is 2.26. The predicted octanol–water partition coefficient (Wildman–Crippen LogP) is 4.90. The first-order valence-electron chi connectivity index (χ1n) is 9.72. The number of hydrogen-bond donors (Lipinski definition) is 1. The number of likely N-dealkylation sites (tertiary alicyclic amines) is 1. The molecule has 1 saturated heterocycles. The van der Waals surface area contributed by atoms with Crippen molar-refractivity contribution in [3.05, 3.63) is 65.6 Å². The van der Waals surface area contributed by atoms with Crippen molar-refractivity contribution in [2.75, 3.05) is 18.4 Å². The van der Waals surface area contributed by atoms with E-state index in [-0.39, 0.29) is 17.8 Å². The number of carbonyl (C=O) groups excluding carboxylic acids is 1. The van der Waals surface area contributed by atoms with Crippen molar-refractivity contribution in [3.8, 4) is 11.1 Å². The summed E-state index contributed by atoms with van der Waals surface area (Å²) in [5.41, 5.74) is 4.36. The second-order valence-corrected chi connectivity index (χ2v) is 7.39. The zero-order valence-corrected chi connectivity index (χ0v) is 16.5. The summed E-state index contributed by atoms with van der Waals surface area (Å²) in [4.78, 5) is 19.0. The number of anilines is 1. The Balaban J connectivity index is 1.44. The Morgan fingerprint density at radius 1 is 1.21 bits per heavy atom. The number of urea groups is 1. The Morgan fingerprint density at radius 2 is 2.00 bits per heavy atom. The molecule has 2 amide bonds. The summed E-state index contributed by atoms with van der Waals surface area (Å²) < 4.78 is 18.3. The number of benzene rings is 1. The van der Waals surface area contributed by atoms with E-state index in [4.69, 9.17) is 4.52 Å². The Kier molecular flexibility index (Phi) is 5.29. The Labute approximate surface area is 168 Å². The molecule has 0 radical (unpaired) electrons. The molecular formula is C22H23FN4O2. The van der Waals surface area contributed by atoms with Crippen LogP contribution in [0.5, 0.6) is 0 Å². The molecule has 0 spiro atoms. The smallest absolute Gasteiger partial charge is 0.321 e. The summed E-state index contributed by atoms with van der Waals surface area (Å²) in [6.45, 7) is 5.10. The van der Waals surface area contributed by atoms with Crippen LogP contribution >= 0.6 is 0 Å². The van der Waals surface area contributed by atoms with Crippen molar-refractivity contribution in [2.24, 2.45) is 0 Å². The highest BCUT2D eigenvalue weighted by atomic mass is 19.1. The van der Waals surface area contributed by atoms with Gasteiger partial charge in [-0.2, -0.15) is 0 Å². The van der Waals surface area contributed by atoms with Gasteiger partial charge >= 0.3 is 6.03 Å². The van der Waals surface area contributed by atoms with Crippen LogP contribution in [0.4, 0.5) is 14.9 Å². The van der Waals surface area contributed by atoms with Gasteiger partial charge in [-0.1, -0.05) is 11.2 Å². The molecule has 7 heteroatoms. The summed E-state index contributed by atoms with van der Waals surface area (Å²) in [6, 6.07) is 9.67. The van der Waals surface area contributed by atoms with Crippen molar-refractivity contribution < 1.29 is 13.7 Å². The first-order chi connectivity index (χ1) is 14.0. The van der Waals surface area contributed by atoms with Gasteiger partial charge in [-0.3, -0.25) is 4.98 Å². The van der Waals surface area contributed by atoms with Crippen LogP contribution in [0.15, 0.2) is 47.1 Å². The number of nitrogens with zero attached hydrogens (tertiary/aromatic N) is 3. The largest absolute Gasteiger partial charge is 0.361 e. The third-order valence-electron chi connectivity index (χ3n) is 5.33. The van der Waals surface area contributed by atoms with Gasteiger partial charge in [0.15, 0.2) is 0 Å². The minimum Gasteiger partial charge on any atom is -0.361 e. The lowest BCUT2D eigenvalue weighted by Gasteiger charge is -2.32. The number of aryl methyl sites for hydroxylation is 2. The maximum atomic E-state index is 13.0. The molecule has 6 nitrogen and oxygen atoms in total. The minimum absolute atomic E-state index is 0.173. The molecule has 1 aliphatic rings. The van der Waals surface area contributed by atoms with E-state index in [1.165, 1.54) is 12.1 Å². The van der Waals surface area contributed by atoms with Crippen LogP contribution < -0.4 is 5.32 Å². The minimum atomic E-state index is -0.327. The quantitative estimate of drug-likeness (QED) is 0.686. The van der Waals surface area contributed by atoms with Gasteiger partial charge < -0.3 is 14.7 Å². The molecule has 29 heavy (non-hydrogen) atoms. The second-order valence-electron chi connectivity index (χ2n) is 7.39. The van der Waals surface area contributed by atoms with E-state index in [0.29, 0.717) is 18.8 Å². The molecule has 1 aromatic carbocycles. The van der Waals surface area contributed by atoms with Crippen LogP contribution in [0, 0.1) is 19.7 Å². The van der Waals surface area contributed by atoms with Crippen molar-refractivity contribution >= 4 is 11.7 Å². The fourth-order valence-corrected chi connectivity index (χ4v) is 3.83. The zero-order chi connectivity index (χ0) is 20.4. The van der Waals surface area contributed by atoms with Crippen LogP contribution in [0.2, 0.25) is 0 Å². The Morgan fingerprint density at radius 3 is 2.66 bits per heavy atom. The summed E-state index contributed by atoms with van der Waals surface area (Å²) >= 11 is 0. The van der Waals surface area contributed by atoms with Crippen LogP contribution in [0.3, 0.4) is 0 Å². The van der Waals surface area contributed by atoms with E-state index >= 15 is 0 Å². The molecule has 0 aliphatic carbocycles. The molecule has 4 rings (SSSR count). The first-order valence-corrected chi connectivity index (χ1v) is 9.72. The number of nitrogens with one attached hydrogen (secondary N) is 1. The molecule has 1 aliphatic heterocycles. The van der Waals surface area contributed by atoms with E-state index in [1.54, 1.807) is 17.0 Å². The van der Waals surface area contributed by atoms with E-state index in [0.717, 1.165) is 41.1 Å². The lowest BCUT2D eigenvalue weighted by molar-refractivity contribution is 0.192. The fourth-order valence-electron chi connectivity index (χ4n) is 3.83. The van der Waals surface area contributed by atoms with E-state index < -0.39 is 0 Å². The van der Waals surface area contributed by atoms with Gasteiger partial charge in [0.1, 0.15) is 11.6 Å². The SMILES string of the molecule is Cc1noc(C)c1-c1ccc([C@H]2CCCN(C(=O)Nc3ccc(F)cc3)C2)nc1. The molecule has 150 valence electrons. The van der Waals surface area contributed by atoms with Crippen LogP contribution in [0.25, 0.3) is 11.1 Å². The summed E-state index contributed by atoms with van der Waals surface area (Å²) in [6.07, 6.45) is 3.74. The van der Waals surface area contributed by atoms with Crippen LogP contribution in [0.1, 0.15) is 35.9 Å². The van der Waals surface area contributed by atoms with Crippen molar-refractivity contribution in [3.63, 3.8) is 0 Å². The van der Waals surface area contributed by atoms with Crippen LogP contribution in [-0.4, -0.2) is 34.2 Å². The molecule has 0 unspecified atom stereocenters. The highest BCUT2D eigenvalue weighted by molar-refractivity contribution is 5.89. The molecule has 0 saturated carbocycles. The van der Waals surface area contributed by atoms with Gasteiger partial charge in [-0.15, -0.1) is 0 Å². The normalized spacial score (nSPS) is 16.7. The number of carbonyl (C=O) groups is 1. The third-order valence-corrected chi connectivity index (χ3v) is 5.33. The molecule has 3 aromatic rings. The number of rotatable bonds is 3. The topological polar surface area (TPSA) is 71.3 Å². The van der Waals surface area contributed by atoms with E-state index in [9.17, 15) is 9.18 Å². The Hall–Kier alpha value is -3.22. The average Bonchev–Trinajstić information content (AvgIpc) is 3.08. The highest BCUT2D eigenvalue weighted by Crippen LogP contribution is 2.30. The summed E-state index contributed by atoms with van der Waals surface area (Å²) in [5, 5.41) is 6.83. The van der Waals surface area contributed by atoms with Gasteiger partial charge in [0.2, 0.25) is 0 Å². The van der Waals surface area contributed by atoms with Gasteiger partial charge in [0, 0.05) is 47.7 Å². The predicted molar refractivity (Wildman–Crippen MR) is 108 cm³/mol.